The van der Waals surface area contributed by atoms with Crippen molar-refractivity contribution >= 4 is 21.6 Å². The second-order valence-electron chi connectivity index (χ2n) is 5.37. The first-order valence-corrected chi connectivity index (χ1v) is 8.80. The molecule has 0 saturated heterocycles. The van der Waals surface area contributed by atoms with Crippen LogP contribution in [0, 0.1) is 5.82 Å². The molecule has 0 amide bonds. The van der Waals surface area contributed by atoms with Crippen molar-refractivity contribution < 1.29 is 12.8 Å². The minimum atomic E-state index is -3.87. The van der Waals surface area contributed by atoms with Crippen molar-refractivity contribution in [2.75, 3.05) is 14.1 Å². The third-order valence-electron chi connectivity index (χ3n) is 3.94. The second kappa shape index (κ2) is 6.60. The Balaban J connectivity index is 2.43. The van der Waals surface area contributed by atoms with Gasteiger partial charge in [0.15, 0.2) is 0 Å². The van der Waals surface area contributed by atoms with Crippen molar-refractivity contribution in [3.63, 3.8) is 0 Å². The quantitative estimate of drug-likeness (QED) is 0.900. The Kier molecular flexibility index (Phi) is 5.24. The highest BCUT2D eigenvalue weighted by Crippen LogP contribution is 2.30. The number of benzene rings is 1. The summed E-state index contributed by atoms with van der Waals surface area (Å²) in [6.45, 7) is 0.224. The van der Waals surface area contributed by atoms with E-state index in [1.807, 2.05) is 0 Å². The van der Waals surface area contributed by atoms with Crippen molar-refractivity contribution in [1.29, 1.82) is 0 Å². The number of hydrogen-bond acceptors (Lipinski definition) is 3. The Hall–Kier alpha value is -0.690. The van der Waals surface area contributed by atoms with Gasteiger partial charge >= 0.3 is 0 Å². The molecule has 4 nitrogen and oxygen atoms in total. The van der Waals surface area contributed by atoms with E-state index in [1.54, 1.807) is 7.05 Å². The Bertz CT molecular complexity index is 616. The number of hydrogen-bond donors (Lipinski definition) is 1. The van der Waals surface area contributed by atoms with Crippen molar-refractivity contribution in [3.05, 3.63) is 28.5 Å². The van der Waals surface area contributed by atoms with Crippen LogP contribution in [-0.4, -0.2) is 32.9 Å². The minimum Gasteiger partial charge on any atom is -0.316 e. The summed E-state index contributed by atoms with van der Waals surface area (Å²) in [6, 6.07) is 2.58. The van der Waals surface area contributed by atoms with E-state index in [0.29, 0.717) is 0 Å². The van der Waals surface area contributed by atoms with E-state index in [-0.39, 0.29) is 28.1 Å². The van der Waals surface area contributed by atoms with Gasteiger partial charge in [-0.3, -0.25) is 0 Å². The zero-order chi connectivity index (χ0) is 15.6. The van der Waals surface area contributed by atoms with Gasteiger partial charge in [-0.15, -0.1) is 0 Å². The summed E-state index contributed by atoms with van der Waals surface area (Å²) >= 11 is 5.95. The molecule has 1 saturated carbocycles. The van der Waals surface area contributed by atoms with Gasteiger partial charge in [-0.1, -0.05) is 24.4 Å². The van der Waals surface area contributed by atoms with Crippen LogP contribution in [0.25, 0.3) is 0 Å². The lowest BCUT2D eigenvalue weighted by molar-refractivity contribution is 0.370. The topological polar surface area (TPSA) is 49.4 Å². The van der Waals surface area contributed by atoms with Crippen LogP contribution in [0.2, 0.25) is 5.02 Å². The molecule has 7 heteroatoms. The SMILES string of the molecule is CNCc1cc(Cl)cc(S(=O)(=O)N(C)C2CCCC2)c1F. The third kappa shape index (κ3) is 3.39. The number of sulfonamides is 1. The summed E-state index contributed by atoms with van der Waals surface area (Å²) in [5.41, 5.74) is 0.253. The number of nitrogens with one attached hydrogen (secondary N) is 1. The Morgan fingerprint density at radius 3 is 2.57 bits per heavy atom. The lowest BCUT2D eigenvalue weighted by Crippen LogP contribution is -2.35. The summed E-state index contributed by atoms with van der Waals surface area (Å²) in [7, 11) is -0.687. The molecule has 0 aliphatic heterocycles. The molecule has 118 valence electrons. The lowest BCUT2D eigenvalue weighted by Gasteiger charge is -2.24. The van der Waals surface area contributed by atoms with E-state index < -0.39 is 15.8 Å². The number of nitrogens with zero attached hydrogens (tertiary/aromatic N) is 1. The third-order valence-corrected chi connectivity index (χ3v) is 6.07. The fourth-order valence-electron chi connectivity index (χ4n) is 2.74. The molecule has 1 N–H and O–H groups in total. The Morgan fingerprint density at radius 2 is 2.00 bits per heavy atom. The molecular formula is C14H20ClFN2O2S. The van der Waals surface area contributed by atoms with Gasteiger partial charge in [0.25, 0.3) is 0 Å². The second-order valence-corrected chi connectivity index (χ2v) is 7.77. The zero-order valence-electron chi connectivity index (χ0n) is 12.2. The molecular weight excluding hydrogens is 315 g/mol. The highest BCUT2D eigenvalue weighted by atomic mass is 35.5. The van der Waals surface area contributed by atoms with Gasteiger partial charge in [-0.25, -0.2) is 12.8 Å². The lowest BCUT2D eigenvalue weighted by atomic mass is 10.2. The van der Waals surface area contributed by atoms with Crippen molar-refractivity contribution in [2.45, 2.75) is 43.2 Å². The maximum Gasteiger partial charge on any atom is 0.246 e. The molecule has 0 unspecified atom stereocenters. The van der Waals surface area contributed by atoms with E-state index >= 15 is 0 Å². The van der Waals surface area contributed by atoms with Crippen LogP contribution < -0.4 is 5.32 Å². The van der Waals surface area contributed by atoms with Crippen LogP contribution in [0.5, 0.6) is 0 Å². The maximum absolute atomic E-state index is 14.5. The van der Waals surface area contributed by atoms with Crippen LogP contribution in [0.3, 0.4) is 0 Å². The fraction of sp³-hybridized carbons (Fsp3) is 0.571. The molecule has 0 aromatic heterocycles. The molecule has 0 bridgehead atoms. The highest BCUT2D eigenvalue weighted by molar-refractivity contribution is 7.89. The first-order valence-electron chi connectivity index (χ1n) is 6.98. The number of rotatable bonds is 5. The first kappa shape index (κ1) is 16.7. The number of halogens is 2. The van der Waals surface area contributed by atoms with Crippen molar-refractivity contribution in [2.24, 2.45) is 0 Å². The standard InChI is InChI=1S/C14H20ClFN2O2S/c1-17-9-10-7-11(15)8-13(14(10)16)21(19,20)18(2)12-5-3-4-6-12/h7-8,12,17H,3-6,9H2,1-2H3. The zero-order valence-corrected chi connectivity index (χ0v) is 13.8. The van der Waals surface area contributed by atoms with Crippen LogP contribution in [0.4, 0.5) is 4.39 Å². The van der Waals surface area contributed by atoms with Crippen LogP contribution in [-0.2, 0) is 16.6 Å². The van der Waals surface area contributed by atoms with Crippen LogP contribution in [0.15, 0.2) is 17.0 Å². The first-order chi connectivity index (χ1) is 9.87. The molecule has 0 spiro atoms. The highest BCUT2D eigenvalue weighted by Gasteiger charge is 2.32. The van der Waals surface area contributed by atoms with Gasteiger partial charge < -0.3 is 5.32 Å². The van der Waals surface area contributed by atoms with E-state index in [0.717, 1.165) is 25.7 Å². The summed E-state index contributed by atoms with van der Waals surface area (Å²) in [4.78, 5) is -0.338. The van der Waals surface area contributed by atoms with E-state index in [1.165, 1.54) is 23.5 Å². The molecule has 1 aliphatic rings. The molecule has 21 heavy (non-hydrogen) atoms. The summed E-state index contributed by atoms with van der Waals surface area (Å²) in [5, 5.41) is 3.03. The molecule has 0 atom stereocenters. The molecule has 1 aliphatic carbocycles. The average Bonchev–Trinajstić information content (AvgIpc) is 2.95. The smallest absolute Gasteiger partial charge is 0.246 e. The van der Waals surface area contributed by atoms with Gasteiger partial charge in [0.1, 0.15) is 10.7 Å². The summed E-state index contributed by atoms with van der Waals surface area (Å²) in [5.74, 6) is -0.724. The predicted molar refractivity (Wildman–Crippen MR) is 81.4 cm³/mol. The van der Waals surface area contributed by atoms with Gasteiger partial charge in [0.2, 0.25) is 10.0 Å². The van der Waals surface area contributed by atoms with Gasteiger partial charge in [0.05, 0.1) is 0 Å². The van der Waals surface area contributed by atoms with Gasteiger partial charge in [0, 0.05) is 30.2 Å². The molecule has 0 radical (unpaired) electrons. The molecule has 1 fully saturated rings. The van der Waals surface area contributed by atoms with E-state index in [4.69, 9.17) is 11.6 Å². The molecule has 1 aromatic rings. The molecule has 1 aromatic carbocycles. The minimum absolute atomic E-state index is 0.0545. The monoisotopic (exact) mass is 334 g/mol. The van der Waals surface area contributed by atoms with E-state index in [9.17, 15) is 12.8 Å². The normalized spacial score (nSPS) is 16.8. The summed E-state index contributed by atoms with van der Waals surface area (Å²) < 4.78 is 41.1. The van der Waals surface area contributed by atoms with Crippen LogP contribution in [0.1, 0.15) is 31.2 Å². The van der Waals surface area contributed by atoms with E-state index in [2.05, 4.69) is 5.32 Å². The fourth-order valence-corrected chi connectivity index (χ4v) is 4.60. The van der Waals surface area contributed by atoms with Crippen LogP contribution >= 0.6 is 11.6 Å². The van der Waals surface area contributed by atoms with Gasteiger partial charge in [-0.05, 0) is 32.0 Å². The molecule has 0 heterocycles. The largest absolute Gasteiger partial charge is 0.316 e. The van der Waals surface area contributed by atoms with Gasteiger partial charge in [-0.2, -0.15) is 4.31 Å². The Morgan fingerprint density at radius 1 is 1.38 bits per heavy atom. The Labute approximate surface area is 130 Å². The maximum atomic E-state index is 14.5. The van der Waals surface area contributed by atoms with Crippen molar-refractivity contribution in [1.82, 2.24) is 9.62 Å². The van der Waals surface area contributed by atoms with Crippen molar-refractivity contribution in [3.8, 4) is 0 Å². The molecule has 2 rings (SSSR count). The summed E-state index contributed by atoms with van der Waals surface area (Å²) in [6.07, 6.45) is 3.66. The average molecular weight is 335 g/mol. The predicted octanol–water partition coefficient (Wildman–Crippen LogP) is 2.76.